The van der Waals surface area contributed by atoms with Crippen molar-refractivity contribution in [3.05, 3.63) is 0 Å². The SMILES string of the molecule is CCCCNN(NCCCC)c1nc(N)nc(N)n1. The van der Waals surface area contributed by atoms with Crippen molar-refractivity contribution in [2.75, 3.05) is 29.7 Å². The van der Waals surface area contributed by atoms with Crippen molar-refractivity contribution >= 4 is 17.8 Å². The first-order chi connectivity index (χ1) is 9.17. The number of nitrogen functional groups attached to an aromatic ring is 2. The summed E-state index contributed by atoms with van der Waals surface area (Å²) in [6.45, 7) is 5.91. The Morgan fingerprint density at radius 2 is 1.37 bits per heavy atom. The second-order valence-electron chi connectivity index (χ2n) is 4.21. The Balaban J connectivity index is 2.69. The Morgan fingerprint density at radius 3 is 1.79 bits per heavy atom. The van der Waals surface area contributed by atoms with Gasteiger partial charge in [-0.2, -0.15) is 15.0 Å². The average molecular weight is 268 g/mol. The van der Waals surface area contributed by atoms with E-state index in [0.29, 0.717) is 5.95 Å². The number of aromatic nitrogens is 3. The van der Waals surface area contributed by atoms with Gasteiger partial charge in [-0.15, -0.1) is 0 Å². The first kappa shape index (κ1) is 15.4. The van der Waals surface area contributed by atoms with Gasteiger partial charge in [-0.3, -0.25) is 0 Å². The molecular formula is C11H24N8. The summed E-state index contributed by atoms with van der Waals surface area (Å²) in [7, 11) is 0. The summed E-state index contributed by atoms with van der Waals surface area (Å²) in [4.78, 5) is 11.9. The molecule has 0 aliphatic heterocycles. The van der Waals surface area contributed by atoms with Crippen molar-refractivity contribution in [2.45, 2.75) is 39.5 Å². The molecule has 8 heteroatoms. The van der Waals surface area contributed by atoms with E-state index in [1.165, 1.54) is 0 Å². The predicted octanol–water partition coefficient (Wildman–Crippen LogP) is 0.452. The van der Waals surface area contributed by atoms with E-state index < -0.39 is 0 Å². The van der Waals surface area contributed by atoms with Crippen LogP contribution in [0.2, 0.25) is 0 Å². The fourth-order valence-corrected chi connectivity index (χ4v) is 1.43. The Bertz CT molecular complexity index is 339. The molecule has 1 aromatic heterocycles. The topological polar surface area (TPSA) is 118 Å². The molecule has 6 N–H and O–H groups in total. The Morgan fingerprint density at radius 1 is 0.895 bits per heavy atom. The smallest absolute Gasteiger partial charge is 0.261 e. The van der Waals surface area contributed by atoms with Crippen LogP contribution in [0.3, 0.4) is 0 Å². The Kier molecular flexibility index (Phi) is 6.83. The van der Waals surface area contributed by atoms with Crippen molar-refractivity contribution in [3.63, 3.8) is 0 Å². The lowest BCUT2D eigenvalue weighted by Crippen LogP contribution is -2.50. The molecule has 1 aromatic rings. The standard InChI is InChI=1S/C11H24N8/c1-3-5-7-14-19(15-8-6-4-2)11-17-9(12)16-10(13)18-11/h14-15H,3-8H2,1-2H3,(H4,12,13,16,17,18). The van der Waals surface area contributed by atoms with Gasteiger partial charge >= 0.3 is 0 Å². The van der Waals surface area contributed by atoms with Crippen LogP contribution in [-0.2, 0) is 0 Å². The molecule has 1 heterocycles. The molecule has 0 amide bonds. The van der Waals surface area contributed by atoms with Crippen LogP contribution in [-0.4, -0.2) is 28.0 Å². The first-order valence-electron chi connectivity index (χ1n) is 6.71. The molecule has 0 aliphatic carbocycles. The van der Waals surface area contributed by atoms with Gasteiger partial charge in [0.2, 0.25) is 11.9 Å². The maximum Gasteiger partial charge on any atom is 0.261 e. The lowest BCUT2D eigenvalue weighted by molar-refractivity contribution is 0.492. The molecule has 108 valence electrons. The third-order valence-corrected chi connectivity index (χ3v) is 2.46. The molecule has 0 radical (unpaired) electrons. The molecule has 0 fully saturated rings. The minimum absolute atomic E-state index is 0.113. The van der Waals surface area contributed by atoms with Gasteiger partial charge in [0.1, 0.15) is 0 Å². The van der Waals surface area contributed by atoms with Gasteiger partial charge in [-0.05, 0) is 12.8 Å². The van der Waals surface area contributed by atoms with Crippen LogP contribution < -0.4 is 27.4 Å². The maximum atomic E-state index is 5.58. The molecule has 0 unspecified atom stereocenters. The van der Waals surface area contributed by atoms with Crippen LogP contribution >= 0.6 is 0 Å². The maximum absolute atomic E-state index is 5.58. The van der Waals surface area contributed by atoms with E-state index in [0.717, 1.165) is 38.8 Å². The van der Waals surface area contributed by atoms with Gasteiger partial charge in [0.25, 0.3) is 5.95 Å². The number of hydrogen-bond acceptors (Lipinski definition) is 8. The quantitative estimate of drug-likeness (QED) is 0.376. The first-order valence-corrected chi connectivity index (χ1v) is 6.71. The molecule has 0 spiro atoms. The van der Waals surface area contributed by atoms with Crippen molar-refractivity contribution in [3.8, 4) is 0 Å². The highest BCUT2D eigenvalue weighted by Crippen LogP contribution is 2.06. The van der Waals surface area contributed by atoms with E-state index in [1.54, 1.807) is 5.12 Å². The highest BCUT2D eigenvalue weighted by molar-refractivity contribution is 5.37. The number of nitrogens with zero attached hydrogens (tertiary/aromatic N) is 4. The number of hydrogen-bond donors (Lipinski definition) is 4. The zero-order valence-electron chi connectivity index (χ0n) is 11.7. The Labute approximate surface area is 113 Å². The summed E-state index contributed by atoms with van der Waals surface area (Å²) < 4.78 is 0. The third-order valence-electron chi connectivity index (χ3n) is 2.46. The zero-order valence-corrected chi connectivity index (χ0v) is 11.7. The van der Waals surface area contributed by atoms with Crippen molar-refractivity contribution in [1.29, 1.82) is 0 Å². The van der Waals surface area contributed by atoms with Crippen LogP contribution in [0.1, 0.15) is 39.5 Å². The van der Waals surface area contributed by atoms with E-state index >= 15 is 0 Å². The predicted molar refractivity (Wildman–Crippen MR) is 77.0 cm³/mol. The second kappa shape index (κ2) is 8.44. The fourth-order valence-electron chi connectivity index (χ4n) is 1.43. The highest BCUT2D eigenvalue weighted by Gasteiger charge is 2.10. The van der Waals surface area contributed by atoms with E-state index in [2.05, 4.69) is 39.7 Å². The van der Waals surface area contributed by atoms with Gasteiger partial charge < -0.3 is 11.5 Å². The van der Waals surface area contributed by atoms with E-state index in [-0.39, 0.29) is 11.9 Å². The molecule has 0 saturated carbocycles. The number of nitrogens with two attached hydrogens (primary N) is 2. The van der Waals surface area contributed by atoms with Gasteiger partial charge in [0.05, 0.1) is 0 Å². The van der Waals surface area contributed by atoms with Crippen LogP contribution in [0.4, 0.5) is 17.8 Å². The second-order valence-corrected chi connectivity index (χ2v) is 4.21. The largest absolute Gasteiger partial charge is 0.368 e. The summed E-state index contributed by atoms with van der Waals surface area (Å²) in [5, 5.41) is 1.67. The van der Waals surface area contributed by atoms with Crippen LogP contribution in [0.25, 0.3) is 0 Å². The van der Waals surface area contributed by atoms with Crippen molar-refractivity contribution < 1.29 is 0 Å². The zero-order chi connectivity index (χ0) is 14.1. The molecule has 0 aliphatic rings. The normalized spacial score (nSPS) is 10.6. The summed E-state index contributed by atoms with van der Waals surface area (Å²) in [5.74, 6) is 0.612. The lowest BCUT2D eigenvalue weighted by atomic mass is 10.3. The summed E-state index contributed by atoms with van der Waals surface area (Å²) >= 11 is 0. The minimum atomic E-state index is 0.113. The molecule has 8 nitrogen and oxygen atoms in total. The van der Waals surface area contributed by atoms with Crippen LogP contribution in [0, 0.1) is 0 Å². The number of nitrogens with one attached hydrogen (secondary N) is 2. The minimum Gasteiger partial charge on any atom is -0.368 e. The fraction of sp³-hybridized carbons (Fsp3) is 0.727. The lowest BCUT2D eigenvalue weighted by Gasteiger charge is -2.24. The molecule has 0 aromatic carbocycles. The van der Waals surface area contributed by atoms with E-state index in [1.807, 2.05) is 0 Å². The molecule has 0 saturated heterocycles. The van der Waals surface area contributed by atoms with Crippen LogP contribution in [0.5, 0.6) is 0 Å². The van der Waals surface area contributed by atoms with Gasteiger partial charge in [0, 0.05) is 13.1 Å². The molecule has 0 atom stereocenters. The third kappa shape index (κ3) is 5.66. The number of rotatable bonds is 9. The summed E-state index contributed by atoms with van der Waals surface area (Å²) in [5.41, 5.74) is 17.6. The highest BCUT2D eigenvalue weighted by atomic mass is 15.7. The van der Waals surface area contributed by atoms with E-state index in [9.17, 15) is 0 Å². The Hall–Kier alpha value is -1.67. The monoisotopic (exact) mass is 268 g/mol. The number of unbranched alkanes of at least 4 members (excludes halogenated alkanes) is 2. The average Bonchev–Trinajstić information content (AvgIpc) is 2.36. The summed E-state index contributed by atoms with van der Waals surface area (Å²) in [6.07, 6.45) is 4.33. The summed E-state index contributed by atoms with van der Waals surface area (Å²) in [6, 6.07) is 0. The van der Waals surface area contributed by atoms with Crippen molar-refractivity contribution in [1.82, 2.24) is 25.8 Å². The van der Waals surface area contributed by atoms with Crippen LogP contribution in [0.15, 0.2) is 0 Å². The number of hydrazine groups is 2. The molecule has 19 heavy (non-hydrogen) atoms. The number of anilines is 3. The van der Waals surface area contributed by atoms with Gasteiger partial charge in [-0.1, -0.05) is 26.7 Å². The van der Waals surface area contributed by atoms with E-state index in [4.69, 9.17) is 11.5 Å². The molecular weight excluding hydrogens is 244 g/mol. The van der Waals surface area contributed by atoms with Gasteiger partial charge in [0.15, 0.2) is 0 Å². The van der Waals surface area contributed by atoms with Gasteiger partial charge in [-0.25, -0.2) is 16.0 Å². The van der Waals surface area contributed by atoms with Crippen molar-refractivity contribution in [2.24, 2.45) is 0 Å². The molecule has 1 rings (SSSR count). The molecule has 0 bridgehead atoms.